The van der Waals surface area contributed by atoms with Gasteiger partial charge in [-0.15, -0.1) is 0 Å². The fourth-order valence-electron chi connectivity index (χ4n) is 4.36. The first-order valence-electron chi connectivity index (χ1n) is 10.8. The number of para-hydroxylation sites is 3. The van der Waals surface area contributed by atoms with Crippen LogP contribution >= 0.6 is 0 Å². The van der Waals surface area contributed by atoms with E-state index < -0.39 is 0 Å². The van der Waals surface area contributed by atoms with Crippen LogP contribution in [0.5, 0.6) is 5.75 Å². The van der Waals surface area contributed by atoms with Crippen LogP contribution in [0, 0.1) is 0 Å². The van der Waals surface area contributed by atoms with Gasteiger partial charge in [0.2, 0.25) is 11.8 Å². The highest BCUT2D eigenvalue weighted by Crippen LogP contribution is 2.32. The molecule has 0 bridgehead atoms. The second-order valence-electron chi connectivity index (χ2n) is 8.06. The van der Waals surface area contributed by atoms with Gasteiger partial charge in [0.1, 0.15) is 11.6 Å². The van der Waals surface area contributed by atoms with E-state index in [1.54, 1.807) is 14.0 Å². The number of hydrogen-bond donors (Lipinski definition) is 1. The Labute approximate surface area is 187 Å². The Balaban J connectivity index is 1.41. The minimum absolute atomic E-state index is 0.0202. The summed E-state index contributed by atoms with van der Waals surface area (Å²) in [6.07, 6.45) is 0. The standard InChI is InChI=1S/C24H29N5O3/c1-17(30)29-13-12-28(15-21(29)18-8-4-7-11-22(18)32-3)16-24(31)25-14-23-26-19-9-5-6-10-20(19)27(23)2/h4-11,21H,12-16H2,1-3H3,(H,25,31)/t21-/m0/s1. The predicted molar refractivity (Wildman–Crippen MR) is 122 cm³/mol. The summed E-state index contributed by atoms with van der Waals surface area (Å²) in [4.78, 5) is 33.5. The molecule has 1 saturated heterocycles. The molecule has 0 saturated carbocycles. The van der Waals surface area contributed by atoms with Gasteiger partial charge in [-0.1, -0.05) is 30.3 Å². The molecule has 8 heteroatoms. The topological polar surface area (TPSA) is 79.7 Å². The van der Waals surface area contributed by atoms with Crippen LogP contribution in [0.1, 0.15) is 24.4 Å². The molecular formula is C24H29N5O3. The second-order valence-corrected chi connectivity index (χ2v) is 8.06. The maximum atomic E-state index is 12.7. The molecule has 4 rings (SSSR count). The Kier molecular flexibility index (Phi) is 6.41. The number of piperazine rings is 1. The quantitative estimate of drug-likeness (QED) is 0.642. The highest BCUT2D eigenvalue weighted by molar-refractivity contribution is 5.79. The highest BCUT2D eigenvalue weighted by Gasteiger charge is 2.32. The molecule has 1 aromatic heterocycles. The first-order chi connectivity index (χ1) is 15.5. The monoisotopic (exact) mass is 435 g/mol. The largest absolute Gasteiger partial charge is 0.496 e. The average Bonchev–Trinajstić information content (AvgIpc) is 3.13. The lowest BCUT2D eigenvalue weighted by atomic mass is 10.0. The predicted octanol–water partition coefficient (Wildman–Crippen LogP) is 2.10. The SMILES string of the molecule is COc1ccccc1[C@@H]1CN(CC(=O)NCc2nc3ccccc3n2C)CCN1C(C)=O. The second kappa shape index (κ2) is 9.40. The number of ether oxygens (including phenoxy) is 1. The number of aryl methyl sites for hydroxylation is 1. The molecular weight excluding hydrogens is 406 g/mol. The van der Waals surface area contributed by atoms with Crippen LogP contribution in [-0.2, 0) is 23.2 Å². The maximum Gasteiger partial charge on any atom is 0.234 e. The Bertz CT molecular complexity index is 1130. The number of carbonyl (C=O) groups is 2. The van der Waals surface area contributed by atoms with Crippen LogP contribution < -0.4 is 10.1 Å². The van der Waals surface area contributed by atoms with Crippen molar-refractivity contribution < 1.29 is 14.3 Å². The molecule has 2 heterocycles. The third-order valence-electron chi connectivity index (χ3n) is 6.06. The van der Waals surface area contributed by atoms with Crippen LogP contribution in [0.4, 0.5) is 0 Å². The normalized spacial score (nSPS) is 16.8. The molecule has 0 aliphatic carbocycles. The number of nitrogens with one attached hydrogen (secondary N) is 1. The van der Waals surface area contributed by atoms with Crippen LogP contribution in [0.25, 0.3) is 11.0 Å². The summed E-state index contributed by atoms with van der Waals surface area (Å²) < 4.78 is 7.52. The Morgan fingerprint density at radius 2 is 1.88 bits per heavy atom. The summed E-state index contributed by atoms with van der Waals surface area (Å²) in [6, 6.07) is 15.5. The van der Waals surface area contributed by atoms with Gasteiger partial charge in [0.15, 0.2) is 0 Å². The molecule has 0 unspecified atom stereocenters. The summed E-state index contributed by atoms with van der Waals surface area (Å²) in [6.45, 7) is 4.00. The molecule has 8 nitrogen and oxygen atoms in total. The Morgan fingerprint density at radius 3 is 2.62 bits per heavy atom. The first kappa shape index (κ1) is 21.8. The van der Waals surface area contributed by atoms with Gasteiger partial charge in [0.05, 0.1) is 37.3 Å². The summed E-state index contributed by atoms with van der Waals surface area (Å²) in [7, 11) is 3.58. The molecule has 3 aromatic rings. The lowest BCUT2D eigenvalue weighted by Crippen LogP contribution is -2.52. The van der Waals surface area contributed by atoms with Gasteiger partial charge >= 0.3 is 0 Å². The summed E-state index contributed by atoms with van der Waals surface area (Å²) in [5.74, 6) is 1.52. The fourth-order valence-corrected chi connectivity index (χ4v) is 4.36. The fraction of sp³-hybridized carbons (Fsp3) is 0.375. The molecule has 1 fully saturated rings. The van der Waals surface area contributed by atoms with E-state index in [-0.39, 0.29) is 24.4 Å². The van der Waals surface area contributed by atoms with E-state index in [1.165, 1.54) is 0 Å². The number of methoxy groups -OCH3 is 1. The molecule has 1 aliphatic heterocycles. The van der Waals surface area contributed by atoms with E-state index >= 15 is 0 Å². The number of benzene rings is 2. The lowest BCUT2D eigenvalue weighted by Gasteiger charge is -2.41. The number of carbonyl (C=O) groups excluding carboxylic acids is 2. The molecule has 1 aliphatic rings. The average molecular weight is 436 g/mol. The lowest BCUT2D eigenvalue weighted by molar-refractivity contribution is -0.134. The third kappa shape index (κ3) is 4.45. The number of imidazole rings is 1. The van der Waals surface area contributed by atoms with Gasteiger partial charge in [0.25, 0.3) is 0 Å². The molecule has 32 heavy (non-hydrogen) atoms. The Hall–Kier alpha value is -3.39. The summed E-state index contributed by atoms with van der Waals surface area (Å²) in [5.41, 5.74) is 2.91. The zero-order valence-corrected chi connectivity index (χ0v) is 18.7. The first-order valence-corrected chi connectivity index (χ1v) is 10.8. The van der Waals surface area contributed by atoms with Crippen molar-refractivity contribution in [2.24, 2.45) is 7.05 Å². The van der Waals surface area contributed by atoms with Gasteiger partial charge in [0, 0.05) is 39.2 Å². The van der Waals surface area contributed by atoms with Crippen molar-refractivity contribution in [2.75, 3.05) is 33.3 Å². The molecule has 1 N–H and O–H groups in total. The molecule has 0 radical (unpaired) electrons. The van der Waals surface area contributed by atoms with E-state index in [2.05, 4.69) is 15.2 Å². The number of fused-ring (bicyclic) bond motifs is 1. The number of amides is 2. The van der Waals surface area contributed by atoms with E-state index in [0.717, 1.165) is 28.2 Å². The summed E-state index contributed by atoms with van der Waals surface area (Å²) in [5, 5.41) is 2.99. The van der Waals surface area contributed by atoms with Crippen LogP contribution in [0.2, 0.25) is 0 Å². The number of nitrogens with zero attached hydrogens (tertiary/aromatic N) is 4. The smallest absolute Gasteiger partial charge is 0.234 e. The number of aromatic nitrogens is 2. The zero-order chi connectivity index (χ0) is 22.7. The van der Waals surface area contributed by atoms with Gasteiger partial charge in [-0.3, -0.25) is 14.5 Å². The molecule has 168 valence electrons. The zero-order valence-electron chi connectivity index (χ0n) is 18.7. The van der Waals surface area contributed by atoms with E-state index in [1.807, 2.05) is 65.0 Å². The van der Waals surface area contributed by atoms with Crippen molar-refractivity contribution in [3.63, 3.8) is 0 Å². The molecule has 2 amide bonds. The van der Waals surface area contributed by atoms with Gasteiger partial charge in [-0.25, -0.2) is 4.98 Å². The van der Waals surface area contributed by atoms with E-state index in [4.69, 9.17) is 4.74 Å². The number of hydrogen-bond acceptors (Lipinski definition) is 5. The minimum atomic E-state index is -0.162. The molecule has 0 spiro atoms. The third-order valence-corrected chi connectivity index (χ3v) is 6.06. The number of rotatable bonds is 6. The minimum Gasteiger partial charge on any atom is -0.496 e. The van der Waals surface area contributed by atoms with Gasteiger partial charge in [-0.2, -0.15) is 0 Å². The van der Waals surface area contributed by atoms with Crippen LogP contribution in [-0.4, -0.2) is 64.5 Å². The Morgan fingerprint density at radius 1 is 1.12 bits per heavy atom. The molecule has 1 atom stereocenters. The van der Waals surface area contributed by atoms with Crippen LogP contribution in [0.3, 0.4) is 0 Å². The van der Waals surface area contributed by atoms with Crippen molar-refractivity contribution in [1.29, 1.82) is 0 Å². The van der Waals surface area contributed by atoms with Crippen molar-refractivity contribution in [2.45, 2.75) is 19.5 Å². The summed E-state index contributed by atoms with van der Waals surface area (Å²) >= 11 is 0. The van der Waals surface area contributed by atoms with Crippen molar-refractivity contribution >= 4 is 22.8 Å². The van der Waals surface area contributed by atoms with Crippen molar-refractivity contribution in [1.82, 2.24) is 24.7 Å². The van der Waals surface area contributed by atoms with E-state index in [0.29, 0.717) is 26.2 Å². The van der Waals surface area contributed by atoms with Crippen molar-refractivity contribution in [3.05, 3.63) is 59.9 Å². The van der Waals surface area contributed by atoms with Gasteiger partial charge in [-0.05, 0) is 18.2 Å². The van der Waals surface area contributed by atoms with Gasteiger partial charge < -0.3 is 19.5 Å². The van der Waals surface area contributed by atoms with E-state index in [9.17, 15) is 9.59 Å². The maximum absolute atomic E-state index is 12.7. The molecule has 2 aromatic carbocycles. The highest BCUT2D eigenvalue weighted by atomic mass is 16.5. The van der Waals surface area contributed by atoms with Crippen molar-refractivity contribution in [3.8, 4) is 5.75 Å². The van der Waals surface area contributed by atoms with Crippen LogP contribution in [0.15, 0.2) is 48.5 Å².